The van der Waals surface area contributed by atoms with E-state index in [4.69, 9.17) is 9.97 Å². The van der Waals surface area contributed by atoms with Crippen LogP contribution >= 0.6 is 0 Å². The summed E-state index contributed by atoms with van der Waals surface area (Å²) in [5, 5.41) is 13.1. The molecule has 4 heteroatoms. The first-order valence-electron chi connectivity index (χ1n) is 19.8. The van der Waals surface area contributed by atoms with Crippen molar-refractivity contribution in [2.75, 3.05) is 0 Å². The van der Waals surface area contributed by atoms with Gasteiger partial charge < -0.3 is 9.13 Å². The Morgan fingerprint density at radius 2 is 0.845 bits per heavy atom. The molecule has 0 amide bonds. The zero-order valence-corrected chi connectivity index (χ0v) is 31.3. The van der Waals surface area contributed by atoms with Gasteiger partial charge in [0.2, 0.25) is 0 Å². The summed E-state index contributed by atoms with van der Waals surface area (Å²) in [6, 6.07) is 68.4. The standard InChI is InChI=1S/C54H32N4/c1-3-20-40-38(18-1)50(51-42-22-5-9-23-45(42)56-53-43(51)29-27-33-14-13-31-55-52(33)53)39-19-2-4-21-41(39)54(40)58-48-26-12-8-17-37(48)44-32-34(28-30-49(44)58)57-46-24-10-6-15-35(46)36-16-7-11-25-47(36)57/h1-32H. The van der Waals surface area contributed by atoms with Crippen LogP contribution in [0.1, 0.15) is 0 Å². The molecule has 0 unspecified atom stereocenters. The van der Waals surface area contributed by atoms with Crippen molar-refractivity contribution < 1.29 is 0 Å². The summed E-state index contributed by atoms with van der Waals surface area (Å²) in [6.07, 6.45) is 1.87. The Hall–Kier alpha value is -7.82. The predicted molar refractivity (Wildman–Crippen MR) is 244 cm³/mol. The molecule has 0 saturated heterocycles. The van der Waals surface area contributed by atoms with Crippen LogP contribution in [0.4, 0.5) is 0 Å². The molecule has 0 spiro atoms. The molecule has 0 radical (unpaired) electrons. The van der Waals surface area contributed by atoms with Crippen molar-refractivity contribution in [1.82, 2.24) is 19.1 Å². The number of aromatic nitrogens is 4. The lowest BCUT2D eigenvalue weighted by atomic mass is 9.87. The van der Waals surface area contributed by atoms with Crippen molar-refractivity contribution in [1.29, 1.82) is 0 Å². The fourth-order valence-electron chi connectivity index (χ4n) is 9.92. The molecular weight excluding hydrogens is 705 g/mol. The number of hydrogen-bond acceptors (Lipinski definition) is 2. The van der Waals surface area contributed by atoms with E-state index in [-0.39, 0.29) is 0 Å². The fraction of sp³-hybridized carbons (Fsp3) is 0. The van der Waals surface area contributed by atoms with Gasteiger partial charge in [-0.3, -0.25) is 4.98 Å². The molecular formula is C54H32N4. The van der Waals surface area contributed by atoms with Gasteiger partial charge in [0, 0.05) is 65.9 Å². The minimum Gasteiger partial charge on any atom is -0.309 e. The minimum absolute atomic E-state index is 0.919. The summed E-state index contributed by atoms with van der Waals surface area (Å²) in [5.41, 5.74) is 12.3. The number of pyridine rings is 2. The molecule has 0 fully saturated rings. The highest BCUT2D eigenvalue weighted by molar-refractivity contribution is 6.27. The number of hydrogen-bond donors (Lipinski definition) is 0. The van der Waals surface area contributed by atoms with Crippen LogP contribution in [0, 0.1) is 0 Å². The Labute approximate surface area is 332 Å². The van der Waals surface area contributed by atoms with Gasteiger partial charge in [0.05, 0.1) is 44.3 Å². The van der Waals surface area contributed by atoms with E-state index < -0.39 is 0 Å². The number of fused-ring (bicyclic) bond motifs is 12. The molecule has 268 valence electrons. The van der Waals surface area contributed by atoms with Crippen molar-refractivity contribution in [2.45, 2.75) is 0 Å². The maximum atomic E-state index is 5.27. The van der Waals surface area contributed by atoms with E-state index in [1.54, 1.807) is 0 Å². The molecule has 13 rings (SSSR count). The van der Waals surface area contributed by atoms with Crippen LogP contribution in [0.25, 0.3) is 120 Å². The van der Waals surface area contributed by atoms with Gasteiger partial charge in [-0.25, -0.2) is 4.98 Å². The molecule has 0 atom stereocenters. The molecule has 4 heterocycles. The van der Waals surface area contributed by atoms with Crippen molar-refractivity contribution >= 4 is 97.9 Å². The molecule has 4 aromatic heterocycles. The molecule has 0 saturated carbocycles. The van der Waals surface area contributed by atoms with Gasteiger partial charge in [0.15, 0.2) is 0 Å². The summed E-state index contributed by atoms with van der Waals surface area (Å²) in [5.74, 6) is 0. The van der Waals surface area contributed by atoms with Crippen LogP contribution in [-0.2, 0) is 0 Å². The Kier molecular flexibility index (Phi) is 6.41. The first-order chi connectivity index (χ1) is 28.8. The highest BCUT2D eigenvalue weighted by Crippen LogP contribution is 2.48. The van der Waals surface area contributed by atoms with E-state index in [1.807, 2.05) is 12.3 Å². The Bertz CT molecular complexity index is 3760. The van der Waals surface area contributed by atoms with Crippen molar-refractivity contribution in [3.05, 3.63) is 194 Å². The monoisotopic (exact) mass is 736 g/mol. The summed E-state index contributed by atoms with van der Waals surface area (Å²) < 4.78 is 4.92. The van der Waals surface area contributed by atoms with Gasteiger partial charge in [-0.15, -0.1) is 0 Å². The number of rotatable bonds is 3. The van der Waals surface area contributed by atoms with Crippen LogP contribution in [0.15, 0.2) is 194 Å². The Balaban J connectivity index is 1.15. The SMILES string of the molecule is c1cnc2c(c1)ccc1c(-c3c4ccccc4c(-n4c5ccccc5c5cc(-n6c7ccccc7c7ccccc76)ccc54)c4ccccc34)c3ccccc3nc12. The smallest absolute Gasteiger partial charge is 0.0978 e. The van der Waals surface area contributed by atoms with Gasteiger partial charge >= 0.3 is 0 Å². The second-order valence-corrected chi connectivity index (χ2v) is 15.3. The molecule has 4 nitrogen and oxygen atoms in total. The zero-order chi connectivity index (χ0) is 37.9. The second kappa shape index (κ2) is 11.8. The van der Waals surface area contributed by atoms with E-state index in [9.17, 15) is 0 Å². The highest BCUT2D eigenvalue weighted by Gasteiger charge is 2.24. The van der Waals surface area contributed by atoms with Crippen molar-refractivity contribution in [2.24, 2.45) is 0 Å². The molecule has 13 aromatic rings. The van der Waals surface area contributed by atoms with Crippen LogP contribution in [0.3, 0.4) is 0 Å². The summed E-state index contributed by atoms with van der Waals surface area (Å²) in [7, 11) is 0. The lowest BCUT2D eigenvalue weighted by Gasteiger charge is -2.21. The van der Waals surface area contributed by atoms with Crippen LogP contribution in [0.5, 0.6) is 0 Å². The van der Waals surface area contributed by atoms with E-state index in [0.29, 0.717) is 0 Å². The van der Waals surface area contributed by atoms with E-state index in [2.05, 4.69) is 191 Å². The predicted octanol–water partition coefficient (Wildman–Crippen LogP) is 14.1. The topological polar surface area (TPSA) is 35.6 Å². The van der Waals surface area contributed by atoms with Crippen LogP contribution in [0.2, 0.25) is 0 Å². The Morgan fingerprint density at radius 1 is 0.328 bits per heavy atom. The van der Waals surface area contributed by atoms with E-state index >= 15 is 0 Å². The van der Waals surface area contributed by atoms with E-state index in [1.165, 1.54) is 82.0 Å². The molecule has 58 heavy (non-hydrogen) atoms. The molecule has 0 N–H and O–H groups in total. The lowest BCUT2D eigenvalue weighted by Crippen LogP contribution is -2.00. The number of para-hydroxylation sites is 4. The van der Waals surface area contributed by atoms with Gasteiger partial charge in [-0.2, -0.15) is 0 Å². The fourth-order valence-corrected chi connectivity index (χ4v) is 9.92. The normalized spacial score (nSPS) is 12.1. The van der Waals surface area contributed by atoms with Gasteiger partial charge in [0.25, 0.3) is 0 Å². The third-order valence-electron chi connectivity index (χ3n) is 12.3. The first-order valence-corrected chi connectivity index (χ1v) is 19.8. The van der Waals surface area contributed by atoms with Crippen LogP contribution in [-0.4, -0.2) is 19.1 Å². The van der Waals surface area contributed by atoms with Gasteiger partial charge in [0.1, 0.15) is 0 Å². The minimum atomic E-state index is 0.919. The molecule has 0 aliphatic heterocycles. The third kappa shape index (κ3) is 4.23. The first kappa shape index (κ1) is 31.4. The maximum absolute atomic E-state index is 5.27. The quantitative estimate of drug-likeness (QED) is 0.134. The van der Waals surface area contributed by atoms with Crippen molar-refractivity contribution in [3.63, 3.8) is 0 Å². The van der Waals surface area contributed by atoms with E-state index in [0.717, 1.165) is 38.4 Å². The average molecular weight is 737 g/mol. The molecule has 9 aromatic carbocycles. The van der Waals surface area contributed by atoms with Gasteiger partial charge in [-0.1, -0.05) is 140 Å². The Morgan fingerprint density at radius 3 is 1.52 bits per heavy atom. The highest BCUT2D eigenvalue weighted by atomic mass is 15.0. The summed E-state index contributed by atoms with van der Waals surface area (Å²) in [4.78, 5) is 10.1. The number of nitrogens with zero attached hydrogens (tertiary/aromatic N) is 4. The molecule has 0 aliphatic carbocycles. The largest absolute Gasteiger partial charge is 0.309 e. The van der Waals surface area contributed by atoms with Gasteiger partial charge in [-0.05, 0) is 64.9 Å². The van der Waals surface area contributed by atoms with Crippen LogP contribution < -0.4 is 0 Å². The van der Waals surface area contributed by atoms with Crippen molar-refractivity contribution in [3.8, 4) is 22.5 Å². The zero-order valence-electron chi connectivity index (χ0n) is 31.3. The number of benzene rings is 9. The molecule has 0 bridgehead atoms. The lowest BCUT2D eigenvalue weighted by molar-refractivity contribution is 1.18. The average Bonchev–Trinajstić information content (AvgIpc) is 3.80. The molecule has 0 aliphatic rings. The summed E-state index contributed by atoms with van der Waals surface area (Å²) >= 11 is 0. The third-order valence-corrected chi connectivity index (χ3v) is 12.3. The maximum Gasteiger partial charge on any atom is 0.0978 e. The second-order valence-electron chi connectivity index (χ2n) is 15.3. The summed E-state index contributed by atoms with van der Waals surface area (Å²) in [6.45, 7) is 0.